The number of likely N-dealkylation sites (N-methyl/N-ethyl adjacent to an activating group) is 1. The number of nitrogens with zero attached hydrogens (tertiary/aromatic N) is 1. The highest BCUT2D eigenvalue weighted by molar-refractivity contribution is 8.13. The van der Waals surface area contributed by atoms with Gasteiger partial charge in [0, 0.05) is 24.8 Å². The van der Waals surface area contributed by atoms with E-state index in [2.05, 4.69) is 0 Å². The Morgan fingerprint density at radius 1 is 1.26 bits per heavy atom. The van der Waals surface area contributed by atoms with Gasteiger partial charge in [-0.05, 0) is 37.1 Å². The lowest BCUT2D eigenvalue weighted by Crippen LogP contribution is -2.27. The predicted molar refractivity (Wildman–Crippen MR) is 73.1 cm³/mol. The van der Waals surface area contributed by atoms with E-state index in [1.54, 1.807) is 27.9 Å². The van der Waals surface area contributed by atoms with Crippen LogP contribution in [0.2, 0.25) is 0 Å². The summed E-state index contributed by atoms with van der Waals surface area (Å²) in [5.74, 6) is 0.294. The third-order valence-corrected chi connectivity index (χ3v) is 4.27. The fraction of sp³-hybridized carbons (Fsp3) is 0.417. The van der Waals surface area contributed by atoms with Crippen LogP contribution in [0.25, 0.3) is 0 Å². The monoisotopic (exact) mass is 305 g/mol. The summed E-state index contributed by atoms with van der Waals surface area (Å²) in [6.45, 7) is 3.27. The van der Waals surface area contributed by atoms with Gasteiger partial charge in [0.15, 0.2) is 6.61 Å². The predicted octanol–water partition coefficient (Wildman–Crippen LogP) is 1.70. The Morgan fingerprint density at radius 3 is 2.32 bits per heavy atom. The number of carbonyl (C=O) groups excluding carboxylic acids is 1. The molecule has 0 N–H and O–H groups in total. The number of halogens is 1. The maximum atomic E-state index is 11.4. The normalized spacial score (nSPS) is 11.2. The minimum atomic E-state index is -3.78. The smallest absolute Gasteiger partial charge is 0.261 e. The molecule has 1 aromatic rings. The van der Waals surface area contributed by atoms with Crippen LogP contribution in [0.5, 0.6) is 5.75 Å². The van der Waals surface area contributed by atoms with Crippen LogP contribution in [0.4, 0.5) is 0 Å². The third kappa shape index (κ3) is 3.84. The molecule has 1 amide bonds. The van der Waals surface area contributed by atoms with Crippen molar-refractivity contribution >= 4 is 25.6 Å². The van der Waals surface area contributed by atoms with E-state index in [1.807, 2.05) is 0 Å². The lowest BCUT2D eigenvalue weighted by molar-refractivity contribution is -0.130. The Bertz CT molecular complexity index is 596. The van der Waals surface area contributed by atoms with Crippen molar-refractivity contribution in [3.05, 3.63) is 23.3 Å². The summed E-state index contributed by atoms with van der Waals surface area (Å²) in [6.07, 6.45) is 0. The highest BCUT2D eigenvalue weighted by Gasteiger charge is 2.17. The third-order valence-electron chi connectivity index (χ3n) is 2.80. The summed E-state index contributed by atoms with van der Waals surface area (Å²) in [5.41, 5.74) is 1.16. The first-order chi connectivity index (χ1) is 8.64. The summed E-state index contributed by atoms with van der Waals surface area (Å²) in [7, 11) is 4.82. The van der Waals surface area contributed by atoms with E-state index in [4.69, 9.17) is 15.4 Å². The number of amides is 1. The molecule has 0 aliphatic rings. The summed E-state index contributed by atoms with van der Waals surface area (Å²) >= 11 is 0. The molecule has 19 heavy (non-hydrogen) atoms. The molecule has 0 aliphatic heterocycles. The zero-order chi connectivity index (χ0) is 14.8. The van der Waals surface area contributed by atoms with E-state index in [0.29, 0.717) is 16.9 Å². The topological polar surface area (TPSA) is 63.7 Å². The van der Waals surface area contributed by atoms with Crippen LogP contribution in [-0.4, -0.2) is 39.9 Å². The average molecular weight is 306 g/mol. The maximum Gasteiger partial charge on any atom is 0.261 e. The highest BCUT2D eigenvalue weighted by Crippen LogP contribution is 2.28. The number of rotatable bonds is 4. The number of hydrogen-bond acceptors (Lipinski definition) is 4. The van der Waals surface area contributed by atoms with Crippen molar-refractivity contribution in [3.63, 3.8) is 0 Å². The highest BCUT2D eigenvalue weighted by atomic mass is 35.7. The molecule has 0 atom stereocenters. The lowest BCUT2D eigenvalue weighted by Gasteiger charge is -2.15. The van der Waals surface area contributed by atoms with Crippen LogP contribution in [0.15, 0.2) is 17.0 Å². The lowest BCUT2D eigenvalue weighted by atomic mass is 10.1. The fourth-order valence-corrected chi connectivity index (χ4v) is 2.71. The Labute approximate surface area is 117 Å². The van der Waals surface area contributed by atoms with Gasteiger partial charge in [-0.1, -0.05) is 0 Å². The van der Waals surface area contributed by atoms with Crippen LogP contribution in [-0.2, 0) is 13.8 Å². The maximum absolute atomic E-state index is 11.4. The molecule has 0 aliphatic carbocycles. The van der Waals surface area contributed by atoms with E-state index < -0.39 is 9.05 Å². The van der Waals surface area contributed by atoms with Crippen LogP contribution >= 0.6 is 10.7 Å². The Kier molecular flexibility index (Phi) is 4.81. The molecule has 106 valence electrons. The van der Waals surface area contributed by atoms with Gasteiger partial charge < -0.3 is 9.64 Å². The van der Waals surface area contributed by atoms with Gasteiger partial charge in [-0.2, -0.15) is 0 Å². The van der Waals surface area contributed by atoms with Crippen LogP contribution in [0.1, 0.15) is 11.1 Å². The minimum absolute atomic E-state index is 0.0537. The van der Waals surface area contributed by atoms with Gasteiger partial charge >= 0.3 is 0 Å². The van der Waals surface area contributed by atoms with Crippen molar-refractivity contribution in [2.45, 2.75) is 18.7 Å². The van der Waals surface area contributed by atoms with Crippen molar-refractivity contribution < 1.29 is 17.9 Å². The van der Waals surface area contributed by atoms with Crippen LogP contribution < -0.4 is 4.74 Å². The van der Waals surface area contributed by atoms with Crippen molar-refractivity contribution in [1.82, 2.24) is 4.90 Å². The summed E-state index contributed by atoms with van der Waals surface area (Å²) in [4.78, 5) is 12.9. The molecule has 0 unspecified atom stereocenters. The van der Waals surface area contributed by atoms with E-state index in [0.717, 1.165) is 0 Å². The average Bonchev–Trinajstić information content (AvgIpc) is 2.28. The minimum Gasteiger partial charge on any atom is -0.483 e. The summed E-state index contributed by atoms with van der Waals surface area (Å²) in [6, 6.07) is 2.88. The quantitative estimate of drug-likeness (QED) is 0.794. The van der Waals surface area contributed by atoms with Gasteiger partial charge in [0.25, 0.3) is 15.0 Å². The Morgan fingerprint density at radius 2 is 1.84 bits per heavy atom. The van der Waals surface area contributed by atoms with Gasteiger partial charge in [-0.25, -0.2) is 8.42 Å². The molecule has 0 bridgehead atoms. The molecule has 0 fully saturated rings. The second-order valence-corrected chi connectivity index (χ2v) is 6.86. The Hall–Kier alpha value is -1.27. The van der Waals surface area contributed by atoms with Gasteiger partial charge in [0.05, 0.1) is 4.90 Å². The molecular weight excluding hydrogens is 290 g/mol. The Balaban J connectivity index is 3.01. The number of hydrogen-bond donors (Lipinski definition) is 0. The van der Waals surface area contributed by atoms with Gasteiger partial charge in [-0.3, -0.25) is 4.79 Å². The molecule has 0 aromatic heterocycles. The van der Waals surface area contributed by atoms with Crippen molar-refractivity contribution in [2.75, 3.05) is 20.7 Å². The summed E-state index contributed by atoms with van der Waals surface area (Å²) in [5, 5.41) is 0. The van der Waals surface area contributed by atoms with Crippen molar-refractivity contribution in [3.8, 4) is 5.75 Å². The van der Waals surface area contributed by atoms with Gasteiger partial charge in [-0.15, -0.1) is 0 Å². The zero-order valence-corrected chi connectivity index (χ0v) is 12.8. The van der Waals surface area contributed by atoms with Crippen LogP contribution in [0.3, 0.4) is 0 Å². The SMILES string of the molecule is Cc1c(OCC(=O)N(C)C)ccc(S(=O)(=O)Cl)c1C. The zero-order valence-electron chi connectivity index (χ0n) is 11.2. The second-order valence-electron chi connectivity index (χ2n) is 4.33. The van der Waals surface area contributed by atoms with E-state index in [-0.39, 0.29) is 17.4 Å². The van der Waals surface area contributed by atoms with Crippen LogP contribution in [0, 0.1) is 13.8 Å². The number of carbonyl (C=O) groups is 1. The molecule has 0 saturated carbocycles. The molecular formula is C12H16ClNO4S. The summed E-state index contributed by atoms with van der Waals surface area (Å²) < 4.78 is 28.1. The number of benzene rings is 1. The first kappa shape index (κ1) is 15.8. The largest absolute Gasteiger partial charge is 0.483 e. The molecule has 0 saturated heterocycles. The molecule has 0 spiro atoms. The molecule has 5 nitrogen and oxygen atoms in total. The second kappa shape index (κ2) is 5.79. The van der Waals surface area contributed by atoms with Gasteiger partial charge in [0.1, 0.15) is 5.75 Å². The molecule has 1 rings (SSSR count). The van der Waals surface area contributed by atoms with E-state index in [9.17, 15) is 13.2 Å². The standard InChI is InChI=1S/C12H16ClNO4S/c1-8-9(2)11(19(13,16)17)6-5-10(8)18-7-12(15)14(3)4/h5-6H,7H2,1-4H3. The fourth-order valence-electron chi connectivity index (χ4n) is 1.46. The van der Waals surface area contributed by atoms with Crippen molar-refractivity contribution in [1.29, 1.82) is 0 Å². The molecule has 7 heteroatoms. The first-order valence-electron chi connectivity index (χ1n) is 5.52. The van der Waals surface area contributed by atoms with Gasteiger partial charge in [0.2, 0.25) is 0 Å². The molecule has 1 aromatic carbocycles. The van der Waals surface area contributed by atoms with E-state index >= 15 is 0 Å². The number of ether oxygens (including phenoxy) is 1. The first-order valence-corrected chi connectivity index (χ1v) is 7.83. The molecule has 0 heterocycles. The molecule has 0 radical (unpaired) electrons. The van der Waals surface area contributed by atoms with Crippen molar-refractivity contribution in [2.24, 2.45) is 0 Å². The van der Waals surface area contributed by atoms with E-state index in [1.165, 1.54) is 17.0 Å².